The van der Waals surface area contributed by atoms with Gasteiger partial charge in [0.05, 0.1) is 0 Å². The normalized spacial score (nSPS) is 14.4. The Bertz CT molecular complexity index is 5430. The van der Waals surface area contributed by atoms with Gasteiger partial charge in [-0.05, 0) is 130 Å². The average Bonchev–Trinajstić information content (AvgIpc) is 1.29. The Morgan fingerprint density at radius 1 is 0.232 bits per heavy atom. The molecule has 7 heteroatoms. The quantitative estimate of drug-likeness (QED) is 0.150. The molecule has 2 aliphatic carbocycles. The van der Waals surface area contributed by atoms with Crippen molar-refractivity contribution in [1.29, 1.82) is 0 Å². The van der Waals surface area contributed by atoms with Crippen molar-refractivity contribution in [2.24, 2.45) is 0 Å². The van der Waals surface area contributed by atoms with Crippen molar-refractivity contribution in [3.05, 3.63) is 301 Å². The zero-order valence-corrected chi connectivity index (χ0v) is 54.6. The minimum absolute atomic E-state index is 0.0151. The lowest BCUT2D eigenvalue weighted by molar-refractivity contribution is 0.299. The summed E-state index contributed by atoms with van der Waals surface area (Å²) in [7, 11) is 0. The van der Waals surface area contributed by atoms with Crippen molar-refractivity contribution in [1.82, 2.24) is 29.9 Å². The van der Waals surface area contributed by atoms with Gasteiger partial charge in [-0.2, -0.15) is 0 Å². The highest BCUT2D eigenvalue weighted by atomic mass is 16.3. The van der Waals surface area contributed by atoms with Gasteiger partial charge in [0.15, 0.2) is 34.9 Å². The predicted molar refractivity (Wildman–Crippen MR) is 391 cm³/mol. The fraction of sp³-hybridized carbons (Fsp3) is 0.136. The van der Waals surface area contributed by atoms with Crippen LogP contribution in [0, 0.1) is 0 Å². The van der Waals surface area contributed by atoms with Crippen molar-refractivity contribution in [3.8, 4) is 113 Å². The Morgan fingerprint density at radius 3 is 1.23 bits per heavy atom. The van der Waals surface area contributed by atoms with Crippen molar-refractivity contribution in [3.63, 3.8) is 0 Å². The highest BCUT2D eigenvalue weighted by molar-refractivity contribution is 6.12. The largest absolute Gasteiger partial charge is 0.456 e. The Hall–Kier alpha value is -11.3. The molecule has 95 heavy (non-hydrogen) atoms. The monoisotopic (exact) mass is 1230 g/mol. The lowest BCUT2D eigenvalue weighted by Crippen LogP contribution is -2.43. The van der Waals surface area contributed by atoms with E-state index in [1.807, 2.05) is 72.8 Å². The summed E-state index contributed by atoms with van der Waals surface area (Å²) < 4.78 is 6.27. The fourth-order valence-electron chi connectivity index (χ4n) is 14.7. The average molecular weight is 1230 g/mol. The molecular weight excluding hydrogens is 1160 g/mol. The van der Waals surface area contributed by atoms with Crippen LogP contribution in [0.15, 0.2) is 283 Å². The van der Waals surface area contributed by atoms with E-state index in [9.17, 15) is 0 Å². The Kier molecular flexibility index (Phi) is 14.1. The van der Waals surface area contributed by atoms with Crippen LogP contribution in [0.4, 0.5) is 0 Å². The molecule has 0 atom stereocenters. The number of para-hydroxylation sites is 1. The molecule has 0 fully saturated rings. The number of rotatable bonds is 8. The van der Waals surface area contributed by atoms with E-state index in [1.165, 1.54) is 44.5 Å². The maximum Gasteiger partial charge on any atom is 0.165 e. The standard InChI is InChI=1S/C45H35N3O.C43H35N3/c1-44(2)36-21-10-8-18-32(36)35-27-31(24-25-37(35)45(44,3)4)42-46-41(30-17-12-16-29(26-30)28-14-6-5-7-15-28)47-43(48-42)34-20-13-23-39-40(34)33-19-9-11-22-38(33)49-39;1-42(2)36-22-14-13-21-34(36)35-27-31(24-26-37(35)43(42,3)4)33-25-23-28-15-11-12-20-32(28)38(33)41-45-39(29-16-7-5-8-17-29)44-40(46-41)30-18-9-6-10-19-30/h5-27H,1-4H3;5-27H,1-4H3. The van der Waals surface area contributed by atoms with Crippen molar-refractivity contribution < 1.29 is 4.42 Å². The third-order valence-corrected chi connectivity index (χ3v) is 21.2. The summed E-state index contributed by atoms with van der Waals surface area (Å²) in [5.41, 5.74) is 22.3. The molecule has 0 amide bonds. The molecule has 0 bridgehead atoms. The summed E-state index contributed by atoms with van der Waals surface area (Å²) >= 11 is 0. The molecule has 0 spiro atoms. The first-order valence-corrected chi connectivity index (χ1v) is 32.8. The number of hydrogen-bond donors (Lipinski definition) is 0. The first-order valence-electron chi connectivity index (χ1n) is 32.8. The van der Waals surface area contributed by atoms with Crippen LogP contribution in [0.25, 0.3) is 146 Å². The van der Waals surface area contributed by atoms with Crippen molar-refractivity contribution in [2.75, 3.05) is 0 Å². The van der Waals surface area contributed by atoms with Gasteiger partial charge in [-0.25, -0.2) is 29.9 Å². The summed E-state index contributed by atoms with van der Waals surface area (Å²) in [6.45, 7) is 18.9. The van der Waals surface area contributed by atoms with E-state index in [2.05, 4.69) is 262 Å². The lowest BCUT2D eigenvalue weighted by Gasteiger charge is -2.48. The highest BCUT2D eigenvalue weighted by Crippen LogP contribution is 2.56. The van der Waals surface area contributed by atoms with Gasteiger partial charge in [-0.1, -0.05) is 304 Å². The molecule has 17 rings (SSSR count). The van der Waals surface area contributed by atoms with Crippen molar-refractivity contribution >= 4 is 32.7 Å². The van der Waals surface area contributed by atoms with Crippen LogP contribution in [-0.4, -0.2) is 29.9 Å². The summed E-state index contributed by atoms with van der Waals surface area (Å²) in [5.74, 6) is 3.86. The Balaban J connectivity index is 0.000000150. The maximum atomic E-state index is 6.27. The van der Waals surface area contributed by atoms with Crippen LogP contribution in [0.2, 0.25) is 0 Å². The van der Waals surface area contributed by atoms with Gasteiger partial charge in [0, 0.05) is 44.2 Å². The minimum atomic E-state index is -0.0828. The van der Waals surface area contributed by atoms with Gasteiger partial charge in [0.2, 0.25) is 0 Å². The van der Waals surface area contributed by atoms with Crippen LogP contribution >= 0.6 is 0 Å². The number of benzene rings is 12. The molecule has 0 saturated carbocycles. The van der Waals surface area contributed by atoms with Gasteiger partial charge >= 0.3 is 0 Å². The van der Waals surface area contributed by atoms with Crippen LogP contribution < -0.4 is 0 Å². The molecular formula is C88H70N6O. The second-order valence-electron chi connectivity index (χ2n) is 27.4. The van der Waals surface area contributed by atoms with Gasteiger partial charge in [0.25, 0.3) is 0 Å². The van der Waals surface area contributed by atoms with E-state index in [0.29, 0.717) is 34.9 Å². The Labute approximate surface area is 555 Å². The van der Waals surface area contributed by atoms with Crippen LogP contribution in [0.3, 0.4) is 0 Å². The van der Waals surface area contributed by atoms with Crippen LogP contribution in [0.1, 0.15) is 77.6 Å². The SMILES string of the molecule is CC1(C)c2ccccc2-c2cc(-c3ccc4ccccc4c3-c3nc(-c4ccccc4)nc(-c4ccccc4)n3)ccc2C1(C)C.CC1(C)c2ccccc2-c2cc(-c3nc(-c4cccc(-c5ccccc5)c4)nc(-c4cccc5oc6ccccc6c45)n3)ccc2C1(C)C. The number of aromatic nitrogens is 6. The highest BCUT2D eigenvalue weighted by Gasteiger charge is 2.47. The molecule has 3 heterocycles. The fourth-order valence-corrected chi connectivity index (χ4v) is 14.7. The molecule has 0 aliphatic heterocycles. The molecule has 3 aromatic heterocycles. The first kappa shape index (κ1) is 58.8. The summed E-state index contributed by atoms with van der Waals surface area (Å²) in [5, 5.41) is 4.31. The van der Waals surface area contributed by atoms with Crippen LogP contribution in [-0.2, 0) is 21.7 Å². The third-order valence-electron chi connectivity index (χ3n) is 21.2. The van der Waals surface area contributed by atoms with E-state index in [4.69, 9.17) is 34.3 Å². The predicted octanol–water partition coefficient (Wildman–Crippen LogP) is 22.6. The lowest BCUT2D eigenvalue weighted by atomic mass is 9.55. The number of furan rings is 1. The summed E-state index contributed by atoms with van der Waals surface area (Å²) in [6.07, 6.45) is 0. The molecule has 0 unspecified atom stereocenters. The summed E-state index contributed by atoms with van der Waals surface area (Å²) in [6, 6.07) is 98.0. The number of fused-ring (bicyclic) bond motifs is 10. The van der Waals surface area contributed by atoms with Gasteiger partial charge in [-0.3, -0.25) is 0 Å². The molecule has 15 aromatic rings. The van der Waals surface area contributed by atoms with Gasteiger partial charge in [-0.15, -0.1) is 0 Å². The van der Waals surface area contributed by atoms with E-state index in [-0.39, 0.29) is 21.7 Å². The molecule has 2 aliphatic rings. The topological polar surface area (TPSA) is 90.5 Å². The van der Waals surface area contributed by atoms with Crippen molar-refractivity contribution in [2.45, 2.75) is 77.0 Å². The van der Waals surface area contributed by atoms with E-state index in [0.717, 1.165) is 88.3 Å². The first-order chi connectivity index (χ1) is 46.1. The second-order valence-corrected chi connectivity index (χ2v) is 27.4. The maximum absolute atomic E-state index is 6.27. The second kappa shape index (κ2) is 22.8. The zero-order chi connectivity index (χ0) is 64.8. The molecule has 0 N–H and O–H groups in total. The molecule has 458 valence electrons. The number of nitrogens with zero attached hydrogens (tertiary/aromatic N) is 6. The van der Waals surface area contributed by atoms with Gasteiger partial charge in [0.1, 0.15) is 11.2 Å². The van der Waals surface area contributed by atoms with E-state index >= 15 is 0 Å². The summed E-state index contributed by atoms with van der Waals surface area (Å²) in [4.78, 5) is 30.9. The molecule has 0 radical (unpaired) electrons. The smallest absolute Gasteiger partial charge is 0.165 e. The van der Waals surface area contributed by atoms with Gasteiger partial charge < -0.3 is 4.42 Å². The van der Waals surface area contributed by atoms with Crippen LogP contribution in [0.5, 0.6) is 0 Å². The minimum Gasteiger partial charge on any atom is -0.456 e. The third kappa shape index (κ3) is 9.87. The van der Waals surface area contributed by atoms with E-state index < -0.39 is 0 Å². The molecule has 0 saturated heterocycles. The number of hydrogen-bond acceptors (Lipinski definition) is 7. The molecule has 12 aromatic carbocycles. The molecule has 7 nitrogen and oxygen atoms in total. The Morgan fingerprint density at radius 2 is 0.632 bits per heavy atom. The van der Waals surface area contributed by atoms with E-state index in [1.54, 1.807) is 0 Å². The zero-order valence-electron chi connectivity index (χ0n) is 54.6.